The van der Waals surface area contributed by atoms with Crippen LogP contribution in [-0.4, -0.2) is 14.1 Å². The van der Waals surface area contributed by atoms with Gasteiger partial charge in [-0.3, -0.25) is 0 Å². The van der Waals surface area contributed by atoms with E-state index in [0.29, 0.717) is 0 Å². The van der Waals surface area contributed by atoms with Crippen molar-refractivity contribution in [3.8, 4) is 11.4 Å². The van der Waals surface area contributed by atoms with Crippen molar-refractivity contribution < 1.29 is 0 Å². The van der Waals surface area contributed by atoms with Gasteiger partial charge in [-0.15, -0.1) is 11.3 Å². The van der Waals surface area contributed by atoms with Gasteiger partial charge >= 0.3 is 0 Å². The fourth-order valence-electron chi connectivity index (χ4n) is 8.91. The molecule has 51 heavy (non-hydrogen) atoms. The molecule has 4 heteroatoms. The first-order valence-electron chi connectivity index (χ1n) is 17.4. The van der Waals surface area contributed by atoms with Crippen molar-refractivity contribution in [3.05, 3.63) is 164 Å². The molecule has 0 aliphatic heterocycles. The molecule has 12 rings (SSSR count). The van der Waals surface area contributed by atoms with Crippen LogP contribution >= 0.6 is 11.3 Å². The average Bonchev–Trinajstić information content (AvgIpc) is 3.86. The quantitative estimate of drug-likeness (QED) is 0.169. The lowest BCUT2D eigenvalue weighted by Crippen LogP contribution is -1.96. The maximum atomic E-state index is 4.94. The molecule has 4 aromatic heterocycles. The van der Waals surface area contributed by atoms with Crippen molar-refractivity contribution in [1.82, 2.24) is 14.1 Å². The molecule has 0 amide bonds. The fourth-order valence-corrected chi connectivity index (χ4v) is 10.1. The van der Waals surface area contributed by atoms with Crippen LogP contribution in [0.15, 0.2) is 164 Å². The van der Waals surface area contributed by atoms with Gasteiger partial charge in [-0.2, -0.15) is 0 Å². The molecule has 8 aromatic carbocycles. The van der Waals surface area contributed by atoms with E-state index < -0.39 is 0 Å². The van der Waals surface area contributed by atoms with E-state index >= 15 is 0 Å². The summed E-state index contributed by atoms with van der Waals surface area (Å²) in [5, 5.41) is 15.2. The van der Waals surface area contributed by atoms with E-state index in [1.165, 1.54) is 91.4 Å². The summed E-state index contributed by atoms with van der Waals surface area (Å²) in [5.41, 5.74) is 7.17. The van der Waals surface area contributed by atoms with Crippen molar-refractivity contribution in [3.63, 3.8) is 0 Å². The SMILES string of the molecule is c1ccc(-n2c3ccccc3c3c4sc5ncccc5c4c4c(c5ccccc5n4-c4ccc5c6ccccc6c6ccccc6c5c4)c32)cc1. The van der Waals surface area contributed by atoms with Crippen LogP contribution in [-0.2, 0) is 0 Å². The first kappa shape index (κ1) is 27.3. The van der Waals surface area contributed by atoms with Gasteiger partial charge in [-0.25, -0.2) is 4.98 Å². The highest BCUT2D eigenvalue weighted by Gasteiger charge is 2.27. The summed E-state index contributed by atoms with van der Waals surface area (Å²) in [7, 11) is 0. The van der Waals surface area contributed by atoms with Crippen LogP contribution in [0, 0.1) is 0 Å². The van der Waals surface area contributed by atoms with Gasteiger partial charge in [0.25, 0.3) is 0 Å². The Morgan fingerprint density at radius 3 is 1.53 bits per heavy atom. The van der Waals surface area contributed by atoms with E-state index in [9.17, 15) is 0 Å². The predicted molar refractivity (Wildman–Crippen MR) is 218 cm³/mol. The standard InChI is InChI=1S/C47H27N3S/c1-2-13-28(14-3-1)49-40-23-11-9-20-36(40)42-44(49)41-35-19-8-10-22-39(35)50(45(41)43-37-21-12-26-48-47(37)51-46(42)43)29-24-25-34-32-17-5-4-15-30(32)31-16-6-7-18-33(31)38(34)27-29/h1-27H. The second-order valence-electron chi connectivity index (χ2n) is 13.5. The summed E-state index contributed by atoms with van der Waals surface area (Å²) < 4.78 is 6.29. The van der Waals surface area contributed by atoms with E-state index in [1.54, 1.807) is 0 Å². The Kier molecular flexibility index (Phi) is 5.38. The Balaban J connectivity index is 1.36. The van der Waals surface area contributed by atoms with Gasteiger partial charge in [-0.05, 0) is 80.8 Å². The molecule has 0 atom stereocenters. The third-order valence-electron chi connectivity index (χ3n) is 10.9. The summed E-state index contributed by atoms with van der Waals surface area (Å²) in [6.07, 6.45) is 1.92. The van der Waals surface area contributed by atoms with Gasteiger partial charge in [-0.1, -0.05) is 109 Å². The van der Waals surface area contributed by atoms with E-state index in [1.807, 2.05) is 17.5 Å². The van der Waals surface area contributed by atoms with Gasteiger partial charge in [0.1, 0.15) is 4.83 Å². The van der Waals surface area contributed by atoms with Crippen LogP contribution in [0.1, 0.15) is 0 Å². The third-order valence-corrected chi connectivity index (χ3v) is 12.0. The Morgan fingerprint density at radius 2 is 0.863 bits per heavy atom. The highest BCUT2D eigenvalue weighted by atomic mass is 32.1. The molecule has 0 unspecified atom stereocenters. The smallest absolute Gasteiger partial charge is 0.124 e. The Bertz CT molecular complexity index is 3380. The predicted octanol–water partition coefficient (Wildman–Crippen LogP) is 13.1. The molecule has 0 saturated heterocycles. The van der Waals surface area contributed by atoms with Crippen LogP contribution in [0.2, 0.25) is 0 Å². The van der Waals surface area contributed by atoms with Gasteiger partial charge in [0.2, 0.25) is 0 Å². The Morgan fingerprint density at radius 1 is 0.373 bits per heavy atom. The number of benzene rings is 8. The number of rotatable bonds is 2. The molecule has 0 N–H and O–H groups in total. The molecular formula is C47H27N3S. The van der Waals surface area contributed by atoms with Crippen molar-refractivity contribution in [1.29, 1.82) is 0 Å². The fraction of sp³-hybridized carbons (Fsp3) is 0. The molecule has 236 valence electrons. The normalized spacial score (nSPS) is 12.3. The van der Waals surface area contributed by atoms with Gasteiger partial charge < -0.3 is 9.13 Å². The maximum Gasteiger partial charge on any atom is 0.124 e. The topological polar surface area (TPSA) is 22.8 Å². The molecule has 12 aromatic rings. The Labute approximate surface area is 295 Å². The zero-order valence-electron chi connectivity index (χ0n) is 27.3. The lowest BCUT2D eigenvalue weighted by Gasteiger charge is -2.14. The number of thiophene rings is 1. The van der Waals surface area contributed by atoms with Crippen LogP contribution in [0.5, 0.6) is 0 Å². The highest BCUT2D eigenvalue weighted by Crippen LogP contribution is 2.51. The summed E-state index contributed by atoms with van der Waals surface area (Å²) in [5.74, 6) is 0. The molecule has 0 spiro atoms. The first-order chi connectivity index (χ1) is 25.3. The number of para-hydroxylation sites is 3. The summed E-state index contributed by atoms with van der Waals surface area (Å²) in [4.78, 5) is 6.00. The summed E-state index contributed by atoms with van der Waals surface area (Å²) >= 11 is 1.81. The van der Waals surface area contributed by atoms with Crippen LogP contribution < -0.4 is 0 Å². The van der Waals surface area contributed by atoms with Crippen molar-refractivity contribution in [2.45, 2.75) is 0 Å². The molecule has 0 bridgehead atoms. The zero-order valence-corrected chi connectivity index (χ0v) is 28.2. The highest BCUT2D eigenvalue weighted by molar-refractivity contribution is 7.26. The van der Waals surface area contributed by atoms with Gasteiger partial charge in [0, 0.05) is 54.6 Å². The molecule has 0 radical (unpaired) electrons. The van der Waals surface area contributed by atoms with Crippen LogP contribution in [0.3, 0.4) is 0 Å². The van der Waals surface area contributed by atoms with E-state index in [4.69, 9.17) is 4.98 Å². The largest absolute Gasteiger partial charge is 0.308 e. The molecular weight excluding hydrogens is 639 g/mol. The number of hydrogen-bond acceptors (Lipinski definition) is 2. The first-order valence-corrected chi connectivity index (χ1v) is 18.2. The second kappa shape index (κ2) is 10.0. The van der Waals surface area contributed by atoms with E-state index in [0.717, 1.165) is 16.2 Å². The monoisotopic (exact) mass is 665 g/mol. The second-order valence-corrected chi connectivity index (χ2v) is 14.5. The molecule has 0 aliphatic carbocycles. The van der Waals surface area contributed by atoms with Crippen LogP contribution in [0.4, 0.5) is 0 Å². The van der Waals surface area contributed by atoms with Crippen molar-refractivity contribution in [2.75, 3.05) is 0 Å². The minimum absolute atomic E-state index is 1.06. The van der Waals surface area contributed by atoms with Crippen LogP contribution in [0.25, 0.3) is 108 Å². The zero-order chi connectivity index (χ0) is 33.2. The van der Waals surface area contributed by atoms with Gasteiger partial charge in [0.05, 0.1) is 22.1 Å². The summed E-state index contributed by atoms with van der Waals surface area (Å²) in [6, 6.07) is 57.8. The van der Waals surface area contributed by atoms with E-state index in [2.05, 4.69) is 167 Å². The molecule has 0 saturated carbocycles. The maximum absolute atomic E-state index is 4.94. The number of fused-ring (bicyclic) bond motifs is 18. The number of nitrogens with zero attached hydrogens (tertiary/aromatic N) is 3. The lowest BCUT2D eigenvalue weighted by atomic mass is 9.94. The van der Waals surface area contributed by atoms with Crippen molar-refractivity contribution >= 4 is 108 Å². The molecule has 0 fully saturated rings. The molecule has 3 nitrogen and oxygen atoms in total. The number of aromatic nitrogens is 3. The van der Waals surface area contributed by atoms with E-state index in [-0.39, 0.29) is 0 Å². The minimum atomic E-state index is 1.06. The van der Waals surface area contributed by atoms with Gasteiger partial charge in [0.15, 0.2) is 0 Å². The molecule has 0 aliphatic rings. The minimum Gasteiger partial charge on any atom is -0.308 e. The summed E-state index contributed by atoms with van der Waals surface area (Å²) in [6.45, 7) is 0. The number of pyridine rings is 1. The lowest BCUT2D eigenvalue weighted by molar-refractivity contribution is 1.18. The Hall–Kier alpha value is -6.49. The number of hydrogen-bond donors (Lipinski definition) is 0. The molecule has 4 heterocycles. The average molecular weight is 666 g/mol. The van der Waals surface area contributed by atoms with Crippen molar-refractivity contribution in [2.24, 2.45) is 0 Å². The third kappa shape index (κ3) is 3.54.